The largest absolute Gasteiger partial charge is 0.530 e. The molecule has 7 heteroatoms. The number of hydrogen-bond acceptors (Lipinski definition) is 4. The minimum absolute atomic E-state index is 0. The van der Waals surface area contributed by atoms with E-state index in [1.54, 1.807) is 18.2 Å². The Hall–Kier alpha value is -1.31. The van der Waals surface area contributed by atoms with Crippen molar-refractivity contribution in [3.8, 4) is 5.75 Å². The zero-order valence-corrected chi connectivity index (χ0v) is 22.6. The lowest BCUT2D eigenvalue weighted by atomic mass is 10.1. The molecule has 0 aromatic heterocycles. The molecule has 0 unspecified atom stereocenters. The number of ether oxygens (including phenoxy) is 1. The molecule has 192 valence electrons. The van der Waals surface area contributed by atoms with Crippen molar-refractivity contribution < 1.29 is 24.2 Å². The topological polar surface area (TPSA) is 81.6 Å². The zero-order chi connectivity index (χ0) is 23.5. The highest BCUT2D eigenvalue weighted by Crippen LogP contribution is 2.23. The lowest BCUT2D eigenvalue weighted by Gasteiger charge is -2.41. The SMILES string of the molecule is Br.CCCCCCCOc1ccccc1NC(=O)[O-].CCCCC[N+]1(CCO)CCCCC1. The molecule has 0 bridgehead atoms. The maximum absolute atomic E-state index is 10.5. The lowest BCUT2D eigenvalue weighted by molar-refractivity contribution is -0.932. The van der Waals surface area contributed by atoms with Crippen LogP contribution in [0.2, 0.25) is 0 Å². The van der Waals surface area contributed by atoms with Gasteiger partial charge in [0.25, 0.3) is 0 Å². The number of benzene rings is 1. The fourth-order valence-corrected chi connectivity index (χ4v) is 4.34. The molecule has 0 aliphatic carbocycles. The molecule has 1 aromatic rings. The van der Waals surface area contributed by atoms with Crippen molar-refractivity contribution in [3.63, 3.8) is 0 Å². The number of aliphatic hydroxyl groups excluding tert-OH is 1. The van der Waals surface area contributed by atoms with Crippen LogP contribution >= 0.6 is 17.0 Å². The second-order valence-corrected chi connectivity index (χ2v) is 8.90. The van der Waals surface area contributed by atoms with Crippen molar-refractivity contribution in [3.05, 3.63) is 24.3 Å². The molecule has 33 heavy (non-hydrogen) atoms. The molecule has 1 aromatic carbocycles. The zero-order valence-electron chi connectivity index (χ0n) is 20.9. The minimum Gasteiger partial charge on any atom is -0.530 e. The van der Waals surface area contributed by atoms with Crippen molar-refractivity contribution in [1.82, 2.24) is 0 Å². The van der Waals surface area contributed by atoms with E-state index in [2.05, 4.69) is 19.2 Å². The van der Waals surface area contributed by atoms with E-state index in [9.17, 15) is 9.90 Å². The van der Waals surface area contributed by atoms with Crippen molar-refractivity contribution in [2.24, 2.45) is 0 Å². The van der Waals surface area contributed by atoms with E-state index in [0.29, 0.717) is 24.7 Å². The van der Waals surface area contributed by atoms with Crippen LogP contribution in [0.1, 0.15) is 84.5 Å². The van der Waals surface area contributed by atoms with E-state index in [0.717, 1.165) is 19.4 Å². The number of carbonyl (C=O) groups excluding carboxylic acids is 1. The monoisotopic (exact) mass is 530 g/mol. The number of carbonyl (C=O) groups is 1. The Balaban J connectivity index is 0.000000620. The summed E-state index contributed by atoms with van der Waals surface area (Å²) in [6.45, 7) is 10.3. The molecule has 0 spiro atoms. The summed E-state index contributed by atoms with van der Waals surface area (Å²) in [6.07, 6.45) is 12.6. The standard InChI is InChI=1S/C14H21NO3.C12H26NO.BrH/c1-2-3-4-5-8-11-18-13-10-7-6-9-12(13)15-14(16)17;1-2-3-5-8-13(11-12-14)9-6-4-7-10-13;/h6-7,9-10,15H,2-5,8,11H2,1H3,(H,16,17);14H,2-12H2,1H3;1H/q;+1;/p-1. The van der Waals surface area contributed by atoms with E-state index in [1.807, 2.05) is 6.07 Å². The van der Waals surface area contributed by atoms with Crippen LogP contribution in [0.15, 0.2) is 24.3 Å². The molecule has 0 saturated carbocycles. The second-order valence-electron chi connectivity index (χ2n) is 8.90. The number of para-hydroxylation sites is 2. The van der Waals surface area contributed by atoms with Crippen LogP contribution in [0.3, 0.4) is 0 Å². The van der Waals surface area contributed by atoms with Gasteiger partial charge in [0.2, 0.25) is 0 Å². The lowest BCUT2D eigenvalue weighted by Crippen LogP contribution is -2.53. The number of unbranched alkanes of at least 4 members (excludes halogenated alkanes) is 6. The summed E-state index contributed by atoms with van der Waals surface area (Å²) in [5.74, 6) is 0.553. The van der Waals surface area contributed by atoms with Gasteiger partial charge in [-0.1, -0.05) is 58.1 Å². The van der Waals surface area contributed by atoms with E-state index in [-0.39, 0.29) is 17.0 Å². The van der Waals surface area contributed by atoms with Crippen molar-refractivity contribution in [2.75, 3.05) is 44.7 Å². The highest BCUT2D eigenvalue weighted by molar-refractivity contribution is 8.93. The van der Waals surface area contributed by atoms with Gasteiger partial charge in [-0.2, -0.15) is 0 Å². The molecule has 1 aliphatic rings. The molecular formula is C26H47BrN2O4. The third kappa shape index (κ3) is 14.5. The van der Waals surface area contributed by atoms with Gasteiger partial charge in [0, 0.05) is 0 Å². The molecule has 1 fully saturated rings. The number of anilines is 1. The van der Waals surface area contributed by atoms with E-state index in [4.69, 9.17) is 9.84 Å². The summed E-state index contributed by atoms with van der Waals surface area (Å²) < 4.78 is 6.77. The Labute approximate surface area is 212 Å². The molecule has 2 rings (SSSR count). The molecule has 1 amide bonds. The van der Waals surface area contributed by atoms with Gasteiger partial charge in [0.05, 0.1) is 38.5 Å². The fourth-order valence-electron chi connectivity index (χ4n) is 4.34. The normalized spacial score (nSPS) is 14.4. The first-order valence-corrected chi connectivity index (χ1v) is 12.7. The van der Waals surface area contributed by atoms with Gasteiger partial charge in [0.1, 0.15) is 18.4 Å². The molecule has 1 aliphatic heterocycles. The van der Waals surface area contributed by atoms with Crippen molar-refractivity contribution in [1.29, 1.82) is 0 Å². The predicted molar refractivity (Wildman–Crippen MR) is 140 cm³/mol. The number of halogens is 1. The summed E-state index contributed by atoms with van der Waals surface area (Å²) >= 11 is 0. The van der Waals surface area contributed by atoms with Gasteiger partial charge in [-0.15, -0.1) is 17.0 Å². The van der Waals surface area contributed by atoms with E-state index >= 15 is 0 Å². The Kier molecular flexibility index (Phi) is 19.3. The minimum atomic E-state index is -1.33. The quantitative estimate of drug-likeness (QED) is 0.244. The number of hydrogen-bond donors (Lipinski definition) is 2. The third-order valence-electron chi connectivity index (χ3n) is 6.20. The number of likely N-dealkylation sites (tertiary alicyclic amines) is 1. The number of amides is 1. The van der Waals surface area contributed by atoms with Crippen LogP contribution in [0.5, 0.6) is 5.75 Å². The fraction of sp³-hybridized carbons (Fsp3) is 0.731. The number of nitrogens with zero attached hydrogens (tertiary/aromatic N) is 1. The maximum atomic E-state index is 10.5. The smallest absolute Gasteiger partial charge is 0.142 e. The first-order chi connectivity index (χ1) is 15.6. The van der Waals surface area contributed by atoms with Crippen LogP contribution in [-0.4, -0.2) is 55.1 Å². The van der Waals surface area contributed by atoms with Crippen LogP contribution in [0.25, 0.3) is 0 Å². The van der Waals surface area contributed by atoms with Crippen LogP contribution in [-0.2, 0) is 0 Å². The number of quaternary nitrogens is 1. The molecule has 0 radical (unpaired) electrons. The molecule has 2 N–H and O–H groups in total. The number of carboxylic acid groups (broad SMARTS) is 1. The summed E-state index contributed by atoms with van der Waals surface area (Å²) in [6, 6.07) is 6.96. The highest BCUT2D eigenvalue weighted by Gasteiger charge is 2.28. The number of nitrogens with one attached hydrogen (secondary N) is 1. The molecular weight excluding hydrogens is 484 g/mol. The average molecular weight is 532 g/mol. The Bertz CT molecular complexity index is 604. The number of aliphatic hydroxyl groups is 1. The first-order valence-electron chi connectivity index (χ1n) is 12.7. The van der Waals surface area contributed by atoms with Gasteiger partial charge < -0.3 is 29.5 Å². The van der Waals surface area contributed by atoms with Gasteiger partial charge in [-0.25, -0.2) is 0 Å². The average Bonchev–Trinajstić information content (AvgIpc) is 2.78. The Morgan fingerprint density at radius 1 is 0.970 bits per heavy atom. The maximum Gasteiger partial charge on any atom is 0.142 e. The van der Waals surface area contributed by atoms with Crippen LogP contribution in [0, 0.1) is 0 Å². The number of rotatable bonds is 14. The van der Waals surface area contributed by atoms with Crippen LogP contribution in [0.4, 0.5) is 10.5 Å². The predicted octanol–water partition coefficient (Wildman–Crippen LogP) is 5.54. The summed E-state index contributed by atoms with van der Waals surface area (Å²) in [7, 11) is 0. The first kappa shape index (κ1) is 31.7. The number of piperidine rings is 1. The Morgan fingerprint density at radius 3 is 2.24 bits per heavy atom. The van der Waals surface area contributed by atoms with Crippen molar-refractivity contribution >= 4 is 28.8 Å². The van der Waals surface area contributed by atoms with Crippen molar-refractivity contribution in [2.45, 2.75) is 84.5 Å². The summed E-state index contributed by atoms with van der Waals surface area (Å²) in [4.78, 5) is 10.5. The molecule has 1 saturated heterocycles. The highest BCUT2D eigenvalue weighted by atomic mass is 79.9. The summed E-state index contributed by atoms with van der Waals surface area (Å²) in [5, 5.41) is 21.8. The van der Waals surface area contributed by atoms with Gasteiger partial charge >= 0.3 is 0 Å². The molecule has 0 atom stereocenters. The third-order valence-corrected chi connectivity index (χ3v) is 6.20. The second kappa shape index (κ2) is 20.1. The van der Waals surface area contributed by atoms with Crippen LogP contribution < -0.4 is 15.2 Å². The van der Waals surface area contributed by atoms with E-state index in [1.165, 1.54) is 81.9 Å². The van der Waals surface area contributed by atoms with Gasteiger partial charge in [-0.3, -0.25) is 0 Å². The summed E-state index contributed by atoms with van der Waals surface area (Å²) in [5.41, 5.74) is 0.436. The van der Waals surface area contributed by atoms with Gasteiger partial charge in [0.15, 0.2) is 0 Å². The van der Waals surface area contributed by atoms with Gasteiger partial charge in [-0.05, 0) is 50.7 Å². The molecule has 1 heterocycles. The Morgan fingerprint density at radius 2 is 1.61 bits per heavy atom. The molecule has 6 nitrogen and oxygen atoms in total. The van der Waals surface area contributed by atoms with E-state index < -0.39 is 6.09 Å².